The standard InChI is InChI=1S/C24H25N3O5/c1-4-27-10-9-18-16(13-27)22(14-7-5-6-8-17(14)25-18)23(28)26-19-12-21(32-3)20(31-2)11-15(19)24(29)30/h5-8,11-12H,4,9-10,13H2,1-3H3,(H,26,28)(H,29,30). The van der Waals surface area contributed by atoms with Gasteiger partial charge in [0.2, 0.25) is 0 Å². The van der Waals surface area contributed by atoms with E-state index in [4.69, 9.17) is 14.5 Å². The lowest BCUT2D eigenvalue weighted by atomic mass is 9.95. The number of methoxy groups -OCH3 is 2. The van der Waals surface area contributed by atoms with Crippen LogP contribution in [0.2, 0.25) is 0 Å². The first-order valence-corrected chi connectivity index (χ1v) is 10.4. The summed E-state index contributed by atoms with van der Waals surface area (Å²) >= 11 is 0. The van der Waals surface area contributed by atoms with Crippen LogP contribution < -0.4 is 14.8 Å². The number of ether oxygens (including phenoxy) is 2. The minimum atomic E-state index is -1.18. The topological polar surface area (TPSA) is 101 Å². The van der Waals surface area contributed by atoms with Gasteiger partial charge < -0.3 is 19.9 Å². The first-order valence-electron chi connectivity index (χ1n) is 10.4. The van der Waals surface area contributed by atoms with Crippen LogP contribution in [0.4, 0.5) is 5.69 Å². The van der Waals surface area contributed by atoms with Gasteiger partial charge in [-0.15, -0.1) is 0 Å². The molecule has 0 unspecified atom stereocenters. The van der Waals surface area contributed by atoms with Gasteiger partial charge in [0, 0.05) is 48.3 Å². The second kappa shape index (κ2) is 8.84. The monoisotopic (exact) mass is 435 g/mol. The van der Waals surface area contributed by atoms with E-state index in [0.717, 1.165) is 41.7 Å². The highest BCUT2D eigenvalue weighted by Crippen LogP contribution is 2.35. The lowest BCUT2D eigenvalue weighted by Gasteiger charge is -2.29. The first-order chi connectivity index (χ1) is 15.5. The van der Waals surface area contributed by atoms with Crippen LogP contribution in [0.25, 0.3) is 10.9 Å². The number of carboxylic acids is 1. The molecule has 8 nitrogen and oxygen atoms in total. The van der Waals surface area contributed by atoms with E-state index in [0.29, 0.717) is 17.9 Å². The van der Waals surface area contributed by atoms with Crippen LogP contribution in [-0.4, -0.2) is 54.2 Å². The van der Waals surface area contributed by atoms with Gasteiger partial charge in [0.05, 0.1) is 36.6 Å². The van der Waals surface area contributed by atoms with Gasteiger partial charge in [0.1, 0.15) is 0 Å². The second-order valence-electron chi connectivity index (χ2n) is 7.56. The molecule has 0 atom stereocenters. The zero-order valence-electron chi connectivity index (χ0n) is 18.3. The predicted molar refractivity (Wildman–Crippen MR) is 121 cm³/mol. The highest BCUT2D eigenvalue weighted by Gasteiger charge is 2.26. The largest absolute Gasteiger partial charge is 0.493 e. The molecule has 1 aliphatic heterocycles. The number of nitrogens with one attached hydrogen (secondary N) is 1. The molecule has 8 heteroatoms. The fourth-order valence-electron chi connectivity index (χ4n) is 4.12. The van der Waals surface area contributed by atoms with Crippen molar-refractivity contribution in [2.75, 3.05) is 32.6 Å². The van der Waals surface area contributed by atoms with E-state index in [9.17, 15) is 14.7 Å². The number of benzene rings is 2. The molecule has 32 heavy (non-hydrogen) atoms. The molecule has 1 aromatic heterocycles. The third kappa shape index (κ3) is 3.85. The maximum Gasteiger partial charge on any atom is 0.337 e. The summed E-state index contributed by atoms with van der Waals surface area (Å²) in [5.41, 5.74) is 3.11. The van der Waals surface area contributed by atoms with Crippen molar-refractivity contribution in [3.05, 3.63) is 58.8 Å². The summed E-state index contributed by atoms with van der Waals surface area (Å²) in [7, 11) is 2.88. The number of para-hydroxylation sites is 1. The van der Waals surface area contributed by atoms with Gasteiger partial charge in [-0.2, -0.15) is 0 Å². The van der Waals surface area contributed by atoms with Gasteiger partial charge in [0.25, 0.3) is 5.91 Å². The molecule has 4 rings (SSSR count). The molecule has 0 aliphatic carbocycles. The molecule has 0 spiro atoms. The van der Waals surface area contributed by atoms with Gasteiger partial charge >= 0.3 is 5.97 Å². The number of aromatic nitrogens is 1. The Bertz CT molecular complexity index is 1210. The van der Waals surface area contributed by atoms with Crippen molar-refractivity contribution in [2.24, 2.45) is 0 Å². The summed E-state index contributed by atoms with van der Waals surface area (Å²) in [5, 5.41) is 13.2. The lowest BCUT2D eigenvalue weighted by molar-refractivity contribution is 0.0697. The highest BCUT2D eigenvalue weighted by atomic mass is 16.5. The third-order valence-corrected chi connectivity index (χ3v) is 5.80. The molecule has 2 aromatic carbocycles. The lowest BCUT2D eigenvalue weighted by Crippen LogP contribution is -2.33. The number of rotatable bonds is 6. The third-order valence-electron chi connectivity index (χ3n) is 5.80. The number of fused-ring (bicyclic) bond motifs is 2. The summed E-state index contributed by atoms with van der Waals surface area (Å²) in [6.45, 7) is 4.45. The van der Waals surface area contributed by atoms with Crippen molar-refractivity contribution in [2.45, 2.75) is 19.9 Å². The van der Waals surface area contributed by atoms with Crippen LogP contribution in [-0.2, 0) is 13.0 Å². The molecule has 0 fully saturated rings. The Morgan fingerprint density at radius 2 is 1.88 bits per heavy atom. The smallest absolute Gasteiger partial charge is 0.337 e. The number of nitrogens with zero attached hydrogens (tertiary/aromatic N) is 2. The molecule has 2 N–H and O–H groups in total. The fraction of sp³-hybridized carbons (Fsp3) is 0.292. The summed E-state index contributed by atoms with van der Waals surface area (Å²) in [4.78, 5) is 32.5. The first kappa shape index (κ1) is 21.6. The van der Waals surface area contributed by atoms with Crippen LogP contribution in [0, 0.1) is 0 Å². The molecule has 0 saturated heterocycles. The molecule has 0 radical (unpaired) electrons. The second-order valence-corrected chi connectivity index (χ2v) is 7.56. The van der Waals surface area contributed by atoms with Crippen LogP contribution in [0.5, 0.6) is 11.5 Å². The van der Waals surface area contributed by atoms with Crippen LogP contribution in [0.3, 0.4) is 0 Å². The van der Waals surface area contributed by atoms with E-state index in [2.05, 4.69) is 17.1 Å². The van der Waals surface area contributed by atoms with Gasteiger partial charge in [0.15, 0.2) is 11.5 Å². The number of anilines is 1. The Labute approximate surface area is 185 Å². The molecular weight excluding hydrogens is 410 g/mol. The molecule has 3 aromatic rings. The minimum Gasteiger partial charge on any atom is -0.493 e. The number of aromatic carboxylic acids is 1. The number of hydrogen-bond acceptors (Lipinski definition) is 6. The summed E-state index contributed by atoms with van der Waals surface area (Å²) < 4.78 is 10.5. The quantitative estimate of drug-likeness (QED) is 0.610. The Morgan fingerprint density at radius 3 is 2.56 bits per heavy atom. The Kier molecular flexibility index (Phi) is 5.96. The van der Waals surface area contributed by atoms with Crippen LogP contribution in [0.1, 0.15) is 38.9 Å². The van der Waals surface area contributed by atoms with E-state index in [-0.39, 0.29) is 22.9 Å². The van der Waals surface area contributed by atoms with Crippen molar-refractivity contribution in [3.63, 3.8) is 0 Å². The van der Waals surface area contributed by atoms with E-state index < -0.39 is 5.97 Å². The molecule has 166 valence electrons. The van der Waals surface area contributed by atoms with Crippen molar-refractivity contribution >= 4 is 28.5 Å². The van der Waals surface area contributed by atoms with Crippen LogP contribution in [0.15, 0.2) is 36.4 Å². The van der Waals surface area contributed by atoms with E-state index in [1.807, 2.05) is 24.3 Å². The normalized spacial score (nSPS) is 13.5. The minimum absolute atomic E-state index is 0.0848. The highest BCUT2D eigenvalue weighted by molar-refractivity contribution is 6.15. The maximum atomic E-state index is 13.6. The summed E-state index contributed by atoms with van der Waals surface area (Å²) in [6.07, 6.45) is 0.755. The van der Waals surface area contributed by atoms with Crippen molar-refractivity contribution in [1.29, 1.82) is 0 Å². The van der Waals surface area contributed by atoms with Gasteiger partial charge in [-0.25, -0.2) is 4.79 Å². The summed E-state index contributed by atoms with van der Waals surface area (Å²) in [5.74, 6) is -0.965. The van der Waals surface area contributed by atoms with Crippen molar-refractivity contribution in [3.8, 4) is 11.5 Å². The average molecular weight is 435 g/mol. The van der Waals surface area contributed by atoms with Crippen molar-refractivity contribution in [1.82, 2.24) is 9.88 Å². The summed E-state index contributed by atoms with van der Waals surface area (Å²) in [6, 6.07) is 10.3. The molecule has 0 saturated carbocycles. The van der Waals surface area contributed by atoms with Gasteiger partial charge in [-0.3, -0.25) is 14.7 Å². The molecule has 2 heterocycles. The number of carbonyl (C=O) groups excluding carboxylic acids is 1. The fourth-order valence-corrected chi connectivity index (χ4v) is 4.12. The number of hydrogen-bond donors (Lipinski definition) is 2. The Balaban J connectivity index is 1.84. The van der Waals surface area contributed by atoms with E-state index in [1.54, 1.807) is 0 Å². The number of amides is 1. The SMILES string of the molecule is CCN1CCc2nc3ccccc3c(C(=O)Nc3cc(OC)c(OC)cc3C(=O)O)c2C1. The molecule has 1 aliphatic rings. The molecule has 1 amide bonds. The van der Waals surface area contributed by atoms with E-state index >= 15 is 0 Å². The molecule has 0 bridgehead atoms. The predicted octanol–water partition coefficient (Wildman–Crippen LogP) is 3.58. The Morgan fingerprint density at radius 1 is 1.16 bits per heavy atom. The number of carboxylic acid groups (broad SMARTS) is 1. The number of likely N-dealkylation sites (N-methyl/N-ethyl adjacent to an activating group) is 1. The van der Waals surface area contributed by atoms with Gasteiger partial charge in [-0.05, 0) is 12.6 Å². The van der Waals surface area contributed by atoms with Gasteiger partial charge in [-0.1, -0.05) is 25.1 Å². The Hall–Kier alpha value is -3.65. The zero-order chi connectivity index (χ0) is 22.8. The zero-order valence-corrected chi connectivity index (χ0v) is 18.3. The van der Waals surface area contributed by atoms with Crippen molar-refractivity contribution < 1.29 is 24.2 Å². The molecular formula is C24H25N3O5. The maximum absolute atomic E-state index is 13.6. The average Bonchev–Trinajstić information content (AvgIpc) is 2.81. The number of pyridine rings is 1. The number of carbonyl (C=O) groups is 2. The van der Waals surface area contributed by atoms with Crippen LogP contribution >= 0.6 is 0 Å². The van der Waals surface area contributed by atoms with E-state index in [1.165, 1.54) is 26.4 Å².